The predicted octanol–water partition coefficient (Wildman–Crippen LogP) is 4.51. The smallest absolute Gasteiger partial charge is 0.162 e. The number of benzene rings is 2. The van der Waals surface area contributed by atoms with E-state index in [-0.39, 0.29) is 0 Å². The monoisotopic (exact) mass is 377 g/mol. The van der Waals surface area contributed by atoms with E-state index in [1.807, 2.05) is 60.1 Å². The summed E-state index contributed by atoms with van der Waals surface area (Å²) in [5.74, 6) is 2.21. The third kappa shape index (κ3) is 3.64. The second-order valence-corrected chi connectivity index (χ2v) is 7.26. The second kappa shape index (κ2) is 7.77. The molecular weight excluding hydrogens is 358 g/mol. The molecular formula is C21H19N3O2S. The maximum atomic E-state index is 9.60. The quantitative estimate of drug-likeness (QED) is 0.626. The number of rotatable bonds is 4. The van der Waals surface area contributed by atoms with Crippen LogP contribution in [0, 0.1) is 18.3 Å². The molecule has 0 radical (unpaired) electrons. The van der Waals surface area contributed by atoms with E-state index in [9.17, 15) is 5.26 Å². The van der Waals surface area contributed by atoms with Crippen LogP contribution in [0.3, 0.4) is 0 Å². The maximum absolute atomic E-state index is 9.60. The van der Waals surface area contributed by atoms with Crippen molar-refractivity contribution < 1.29 is 9.47 Å². The summed E-state index contributed by atoms with van der Waals surface area (Å²) in [5, 5.41) is 14.2. The van der Waals surface area contributed by atoms with Crippen LogP contribution in [0.1, 0.15) is 23.4 Å². The fourth-order valence-electron chi connectivity index (χ4n) is 3.02. The van der Waals surface area contributed by atoms with Crippen LogP contribution in [-0.4, -0.2) is 23.0 Å². The first-order valence-electron chi connectivity index (χ1n) is 8.83. The summed E-state index contributed by atoms with van der Waals surface area (Å²) in [6.07, 6.45) is 0.887. The zero-order valence-corrected chi connectivity index (χ0v) is 15.8. The van der Waals surface area contributed by atoms with Crippen molar-refractivity contribution in [3.8, 4) is 23.3 Å². The molecule has 5 nitrogen and oxygen atoms in total. The molecule has 0 unspecified atom stereocenters. The van der Waals surface area contributed by atoms with Gasteiger partial charge in [0.25, 0.3) is 0 Å². The van der Waals surface area contributed by atoms with Gasteiger partial charge >= 0.3 is 0 Å². The summed E-state index contributed by atoms with van der Waals surface area (Å²) >= 11 is 1.66. The molecule has 6 heteroatoms. The first kappa shape index (κ1) is 17.5. The molecule has 0 aliphatic carbocycles. The van der Waals surface area contributed by atoms with Gasteiger partial charge in [0.05, 0.1) is 35.9 Å². The lowest BCUT2D eigenvalue weighted by Gasteiger charge is -2.10. The summed E-state index contributed by atoms with van der Waals surface area (Å²) < 4.78 is 13.3. The minimum absolute atomic E-state index is 0.637. The summed E-state index contributed by atoms with van der Waals surface area (Å²) in [7, 11) is 0. The molecule has 3 aromatic rings. The minimum Gasteiger partial charge on any atom is -0.490 e. The molecule has 0 fully saturated rings. The summed E-state index contributed by atoms with van der Waals surface area (Å²) in [4.78, 5) is 1.07. The van der Waals surface area contributed by atoms with Gasteiger partial charge in [-0.25, -0.2) is 4.68 Å². The Bertz CT molecular complexity index is 993. The Hall–Kier alpha value is -2.91. The highest BCUT2D eigenvalue weighted by Crippen LogP contribution is 2.35. The Morgan fingerprint density at radius 1 is 1.11 bits per heavy atom. The molecule has 0 atom stereocenters. The Balaban J connectivity index is 1.62. The van der Waals surface area contributed by atoms with Crippen LogP contribution in [0.15, 0.2) is 53.4 Å². The predicted molar refractivity (Wildman–Crippen MR) is 105 cm³/mol. The number of aromatic nitrogens is 2. The molecule has 2 aromatic carbocycles. The summed E-state index contributed by atoms with van der Waals surface area (Å²) in [5.41, 5.74) is 3.24. The Labute approximate surface area is 162 Å². The average Bonchev–Trinajstić information content (AvgIpc) is 2.86. The number of fused-ring (bicyclic) bond motifs is 1. The van der Waals surface area contributed by atoms with Crippen LogP contribution < -0.4 is 9.47 Å². The van der Waals surface area contributed by atoms with E-state index in [0.29, 0.717) is 24.5 Å². The lowest BCUT2D eigenvalue weighted by atomic mass is 10.2. The first-order valence-corrected chi connectivity index (χ1v) is 9.81. The lowest BCUT2D eigenvalue weighted by Crippen LogP contribution is -2.02. The lowest BCUT2D eigenvalue weighted by molar-refractivity contribution is 0.297. The molecule has 0 bridgehead atoms. The van der Waals surface area contributed by atoms with Gasteiger partial charge in [-0.2, -0.15) is 10.4 Å². The van der Waals surface area contributed by atoms with Gasteiger partial charge in [-0.1, -0.05) is 18.2 Å². The molecule has 136 valence electrons. The van der Waals surface area contributed by atoms with E-state index in [2.05, 4.69) is 11.2 Å². The van der Waals surface area contributed by atoms with Crippen molar-refractivity contribution in [1.82, 2.24) is 9.78 Å². The normalized spacial score (nSPS) is 13.0. The number of hydrogen-bond acceptors (Lipinski definition) is 5. The van der Waals surface area contributed by atoms with Crippen LogP contribution in [0.4, 0.5) is 0 Å². The molecule has 0 spiro atoms. The van der Waals surface area contributed by atoms with E-state index < -0.39 is 0 Å². The Morgan fingerprint density at radius 3 is 2.67 bits per heavy atom. The molecule has 0 saturated carbocycles. The van der Waals surface area contributed by atoms with Crippen molar-refractivity contribution in [2.24, 2.45) is 0 Å². The fourth-order valence-corrected chi connectivity index (χ4v) is 3.95. The van der Waals surface area contributed by atoms with Crippen molar-refractivity contribution in [3.63, 3.8) is 0 Å². The number of ether oxygens (including phenoxy) is 2. The van der Waals surface area contributed by atoms with Crippen molar-refractivity contribution in [2.75, 3.05) is 13.2 Å². The standard InChI is InChI=1S/C21H19N3O2S/c1-15-18(13-22)19(24(23-15)16-6-3-2-4-7-16)14-27-17-8-9-20-21(12-17)26-11-5-10-25-20/h2-4,6-9,12H,5,10-11,14H2,1H3. The van der Waals surface area contributed by atoms with Crippen molar-refractivity contribution >= 4 is 11.8 Å². The van der Waals surface area contributed by atoms with E-state index in [1.165, 1.54) is 0 Å². The summed E-state index contributed by atoms with van der Waals surface area (Å²) in [6.45, 7) is 3.22. The van der Waals surface area contributed by atoms with Gasteiger partial charge in [0.15, 0.2) is 11.5 Å². The fraction of sp³-hybridized carbons (Fsp3) is 0.238. The molecule has 0 amide bonds. The zero-order chi connectivity index (χ0) is 18.6. The molecule has 0 saturated heterocycles. The van der Waals surface area contributed by atoms with E-state index >= 15 is 0 Å². The SMILES string of the molecule is Cc1nn(-c2ccccc2)c(CSc2ccc3c(c2)OCCCO3)c1C#N. The maximum Gasteiger partial charge on any atom is 0.162 e. The van der Waals surface area contributed by atoms with E-state index in [0.717, 1.165) is 39.9 Å². The van der Waals surface area contributed by atoms with E-state index in [4.69, 9.17) is 9.47 Å². The van der Waals surface area contributed by atoms with Gasteiger partial charge in [-0.15, -0.1) is 11.8 Å². The van der Waals surface area contributed by atoms with Gasteiger partial charge in [-0.3, -0.25) is 0 Å². The molecule has 4 rings (SSSR count). The van der Waals surface area contributed by atoms with Crippen molar-refractivity contribution in [3.05, 3.63) is 65.5 Å². The highest BCUT2D eigenvalue weighted by molar-refractivity contribution is 7.98. The number of hydrogen-bond donors (Lipinski definition) is 0. The molecule has 1 aromatic heterocycles. The van der Waals surface area contributed by atoms with Crippen LogP contribution in [0.5, 0.6) is 11.5 Å². The molecule has 27 heavy (non-hydrogen) atoms. The number of nitrogens with zero attached hydrogens (tertiary/aromatic N) is 3. The molecule has 0 N–H and O–H groups in total. The molecule has 2 heterocycles. The van der Waals surface area contributed by atoms with Crippen LogP contribution >= 0.6 is 11.8 Å². The third-order valence-electron chi connectivity index (χ3n) is 4.36. The zero-order valence-electron chi connectivity index (χ0n) is 15.0. The van der Waals surface area contributed by atoms with E-state index in [1.54, 1.807) is 11.8 Å². The number of thioether (sulfide) groups is 1. The number of para-hydroxylation sites is 1. The highest BCUT2D eigenvalue weighted by Gasteiger charge is 2.17. The van der Waals surface area contributed by atoms with Crippen LogP contribution in [0.25, 0.3) is 5.69 Å². The Morgan fingerprint density at radius 2 is 1.89 bits per heavy atom. The summed E-state index contributed by atoms with van der Waals surface area (Å²) in [6, 6.07) is 18.2. The van der Waals surface area contributed by atoms with Crippen molar-refractivity contribution in [1.29, 1.82) is 5.26 Å². The van der Waals surface area contributed by atoms with Gasteiger partial charge in [-0.05, 0) is 37.3 Å². The molecule has 1 aliphatic rings. The third-order valence-corrected chi connectivity index (χ3v) is 5.37. The van der Waals surface area contributed by atoms with Gasteiger partial charge in [0, 0.05) is 17.1 Å². The van der Waals surface area contributed by atoms with Gasteiger partial charge in [0.2, 0.25) is 0 Å². The number of nitriles is 1. The largest absolute Gasteiger partial charge is 0.490 e. The average molecular weight is 377 g/mol. The number of aryl methyl sites for hydroxylation is 1. The van der Waals surface area contributed by atoms with Crippen LogP contribution in [0.2, 0.25) is 0 Å². The van der Waals surface area contributed by atoms with Crippen molar-refractivity contribution in [2.45, 2.75) is 24.0 Å². The first-order chi connectivity index (χ1) is 13.3. The Kier molecular flexibility index (Phi) is 5.03. The molecule has 1 aliphatic heterocycles. The topological polar surface area (TPSA) is 60.1 Å². The second-order valence-electron chi connectivity index (χ2n) is 6.21. The highest BCUT2D eigenvalue weighted by atomic mass is 32.2. The van der Waals surface area contributed by atoms with Gasteiger partial charge in [0.1, 0.15) is 6.07 Å². The van der Waals surface area contributed by atoms with Gasteiger partial charge < -0.3 is 9.47 Å². The minimum atomic E-state index is 0.637. The van der Waals surface area contributed by atoms with Crippen LogP contribution in [-0.2, 0) is 5.75 Å².